The average molecular weight is 189 g/mol. The third-order valence-corrected chi connectivity index (χ3v) is 1.32. The van der Waals surface area contributed by atoms with Crippen molar-refractivity contribution in [2.75, 3.05) is 0 Å². The Labute approximate surface area is 59.5 Å². The number of hydrogen-bond donors (Lipinski definition) is 2. The first kappa shape index (κ1) is 6.52. The van der Waals surface area contributed by atoms with Crippen LogP contribution >= 0.6 is 0 Å². The maximum absolute atomic E-state index is 10.6. The average Bonchev–Trinajstić information content (AvgIpc) is 1.59. The second kappa shape index (κ2) is 2.33. The summed E-state index contributed by atoms with van der Waals surface area (Å²) in [6.07, 6.45) is 0. The Kier molecular flexibility index (Phi) is 1.69. The summed E-state index contributed by atoms with van der Waals surface area (Å²) in [7, 11) is 0. The molecule has 0 bridgehead atoms. The molecule has 0 aliphatic rings. The summed E-state index contributed by atoms with van der Waals surface area (Å²) in [5.74, 6) is 0. The molecule has 0 spiro atoms. The van der Waals surface area contributed by atoms with E-state index < -0.39 is 0 Å². The van der Waals surface area contributed by atoms with Gasteiger partial charge in [-0.05, 0) is 0 Å². The zero-order chi connectivity index (χ0) is 6.85. The second-order valence-corrected chi connectivity index (χ2v) is 2.63. The normalized spacial score (nSPS) is 9.44. The van der Waals surface area contributed by atoms with Crippen molar-refractivity contribution in [2.24, 2.45) is 0 Å². The van der Waals surface area contributed by atoms with Gasteiger partial charge in [0, 0.05) is 0 Å². The topological polar surface area (TPSA) is 48.6 Å². The molecule has 0 fully saturated rings. The fraction of sp³-hybridized carbons (Fsp3) is 0.200. The number of hydrogen-bond acceptors (Lipinski definition) is 1. The van der Waals surface area contributed by atoms with E-state index >= 15 is 0 Å². The van der Waals surface area contributed by atoms with E-state index in [1.807, 2.05) is 6.92 Å². The van der Waals surface area contributed by atoms with Crippen LogP contribution in [0.3, 0.4) is 0 Å². The van der Waals surface area contributed by atoms with E-state index in [-0.39, 0.29) is 5.56 Å². The van der Waals surface area contributed by atoms with Crippen molar-refractivity contribution < 1.29 is 0 Å². The van der Waals surface area contributed by atoms with Gasteiger partial charge in [-0.15, -0.1) is 0 Å². The summed E-state index contributed by atoms with van der Waals surface area (Å²) in [4.78, 5) is 16.1. The Morgan fingerprint density at radius 3 is 2.67 bits per heavy atom. The van der Waals surface area contributed by atoms with Crippen LogP contribution in [0.15, 0.2) is 10.9 Å². The van der Waals surface area contributed by atoms with Crippen molar-refractivity contribution in [3.05, 3.63) is 26.4 Å². The molecule has 48 valence electrons. The molecule has 1 aromatic rings. The second-order valence-electron chi connectivity index (χ2n) is 1.77. The molecule has 1 aromatic heterocycles. The van der Waals surface area contributed by atoms with E-state index in [4.69, 9.17) is 0 Å². The molecule has 3 nitrogen and oxygen atoms in total. The van der Waals surface area contributed by atoms with E-state index in [9.17, 15) is 4.79 Å². The zero-order valence-electron chi connectivity index (χ0n) is 4.89. The zero-order valence-corrected chi connectivity index (χ0v) is 6.61. The van der Waals surface area contributed by atoms with Gasteiger partial charge in [0.15, 0.2) is 0 Å². The number of rotatable bonds is 0. The Morgan fingerprint density at radius 2 is 2.22 bits per heavy atom. The van der Waals surface area contributed by atoms with Crippen LogP contribution in [0.5, 0.6) is 0 Å². The minimum absolute atomic E-state index is 0.0833. The molecule has 0 aliphatic carbocycles. The first-order chi connectivity index (χ1) is 4.18. The summed E-state index contributed by atoms with van der Waals surface area (Å²) < 4.78 is 0.667. The molecule has 0 atom stereocenters. The van der Waals surface area contributed by atoms with E-state index in [2.05, 4.69) is 25.5 Å². The summed E-state index contributed by atoms with van der Waals surface area (Å²) in [6.45, 7) is 1.83. The molecule has 0 saturated carbocycles. The van der Waals surface area contributed by atoms with Gasteiger partial charge >= 0.3 is 58.9 Å². The van der Waals surface area contributed by atoms with Crippen molar-refractivity contribution in [3.8, 4) is 0 Å². The van der Waals surface area contributed by atoms with Crippen LogP contribution < -0.4 is 5.56 Å². The Balaban J connectivity index is 3.52. The van der Waals surface area contributed by atoms with E-state index in [0.717, 1.165) is 5.69 Å². The monoisotopic (exact) mass is 190 g/mol. The fourth-order valence-electron chi connectivity index (χ4n) is 0.591. The van der Waals surface area contributed by atoms with Crippen molar-refractivity contribution in [2.45, 2.75) is 6.92 Å². The summed E-state index contributed by atoms with van der Waals surface area (Å²) >= 11 is 2.67. The van der Waals surface area contributed by atoms with Crippen molar-refractivity contribution in [3.63, 3.8) is 0 Å². The van der Waals surface area contributed by atoms with Crippen LogP contribution in [0.1, 0.15) is 5.69 Å². The van der Waals surface area contributed by atoms with Crippen molar-refractivity contribution in [1.82, 2.24) is 9.97 Å². The van der Waals surface area contributed by atoms with Gasteiger partial charge in [-0.25, -0.2) is 0 Å². The predicted octanol–water partition coefficient (Wildman–Crippen LogP) is -0.288. The Morgan fingerprint density at radius 1 is 1.56 bits per heavy atom. The first-order valence-corrected chi connectivity index (χ1v) is 3.34. The van der Waals surface area contributed by atoms with Gasteiger partial charge in [-0.1, -0.05) is 0 Å². The van der Waals surface area contributed by atoms with E-state index in [0.29, 0.717) is 4.32 Å². The molecule has 9 heavy (non-hydrogen) atoms. The number of aryl methyl sites for hydroxylation is 1. The summed E-state index contributed by atoms with van der Waals surface area (Å²) in [5.41, 5.74) is 0.771. The van der Waals surface area contributed by atoms with Gasteiger partial charge in [-0.3, -0.25) is 0 Å². The first-order valence-electron chi connectivity index (χ1n) is 2.49. The molecule has 0 radical (unpaired) electrons. The van der Waals surface area contributed by atoms with Gasteiger partial charge in [-0.2, -0.15) is 0 Å². The predicted molar refractivity (Wildman–Crippen MR) is 35.1 cm³/mol. The number of H-pyrrole nitrogens is 2. The molecule has 0 aromatic carbocycles. The molecule has 0 amide bonds. The van der Waals surface area contributed by atoms with Crippen molar-refractivity contribution in [1.29, 1.82) is 0 Å². The van der Waals surface area contributed by atoms with Gasteiger partial charge < -0.3 is 0 Å². The van der Waals surface area contributed by atoms with E-state index in [1.165, 1.54) is 6.07 Å². The minimum atomic E-state index is -0.0833. The molecule has 0 aliphatic heterocycles. The van der Waals surface area contributed by atoms with E-state index in [1.54, 1.807) is 0 Å². The molecule has 1 rings (SSSR count). The van der Waals surface area contributed by atoms with Crippen LogP contribution in [0.4, 0.5) is 0 Å². The molecular formula is C5H6N2OSe. The number of nitrogens with one attached hydrogen (secondary N) is 2. The molecule has 2 N–H and O–H groups in total. The van der Waals surface area contributed by atoms with Gasteiger partial charge in [0.05, 0.1) is 0 Å². The number of aromatic amines is 2. The quantitative estimate of drug-likeness (QED) is 0.541. The Hall–Kier alpha value is -0.601. The standard InChI is InChI=1S/C5H6N2OSe/c1-3-2-4(8)7-5(9)6-3/h2H,1H3,(H2,6,7,8,9). The van der Waals surface area contributed by atoms with Crippen LogP contribution in [0.2, 0.25) is 0 Å². The fourth-order valence-corrected chi connectivity index (χ4v) is 1.14. The molecule has 1 heterocycles. The molecule has 0 unspecified atom stereocenters. The van der Waals surface area contributed by atoms with Crippen LogP contribution in [0.25, 0.3) is 0 Å². The van der Waals surface area contributed by atoms with Gasteiger partial charge in [0.1, 0.15) is 0 Å². The molecular weight excluding hydrogens is 183 g/mol. The number of aromatic nitrogens is 2. The van der Waals surface area contributed by atoms with Crippen LogP contribution in [-0.4, -0.2) is 25.5 Å². The third kappa shape index (κ3) is 1.66. The SMILES string of the molecule is Cc1cc(=O)[nH]c(=[Se])[nH]1. The molecule has 4 heteroatoms. The Bertz CT molecular complexity index is 283. The third-order valence-electron chi connectivity index (χ3n) is 0.895. The van der Waals surface area contributed by atoms with Crippen molar-refractivity contribution >= 4 is 15.6 Å². The molecule has 0 saturated heterocycles. The van der Waals surface area contributed by atoms with Crippen LogP contribution in [-0.2, 0) is 0 Å². The van der Waals surface area contributed by atoms with Gasteiger partial charge in [0.2, 0.25) is 0 Å². The van der Waals surface area contributed by atoms with Gasteiger partial charge in [0.25, 0.3) is 0 Å². The maximum atomic E-state index is 10.6. The summed E-state index contributed by atoms with van der Waals surface area (Å²) in [6, 6.07) is 1.50. The van der Waals surface area contributed by atoms with Crippen LogP contribution in [0, 0.1) is 11.2 Å². The summed E-state index contributed by atoms with van der Waals surface area (Å²) in [5, 5.41) is 0.